The number of aryl methyl sites for hydroxylation is 1. The van der Waals surface area contributed by atoms with Crippen molar-refractivity contribution in [3.8, 4) is 0 Å². The van der Waals surface area contributed by atoms with E-state index in [4.69, 9.17) is 11.6 Å². The summed E-state index contributed by atoms with van der Waals surface area (Å²) in [6.45, 7) is 0.239. The third-order valence-electron chi connectivity index (χ3n) is 3.56. The highest BCUT2D eigenvalue weighted by atomic mass is 35.5. The predicted octanol–water partition coefficient (Wildman–Crippen LogP) is 2.85. The number of fused-ring (bicyclic) bond motifs is 1. The van der Waals surface area contributed by atoms with Gasteiger partial charge in [-0.05, 0) is 35.4 Å². The zero-order valence-corrected chi connectivity index (χ0v) is 14.1. The van der Waals surface area contributed by atoms with Gasteiger partial charge < -0.3 is 4.57 Å². The highest BCUT2D eigenvalue weighted by Gasteiger charge is 2.12. The third-order valence-corrected chi connectivity index (χ3v) is 5.11. The van der Waals surface area contributed by atoms with Crippen LogP contribution in [0, 0.1) is 0 Å². The summed E-state index contributed by atoms with van der Waals surface area (Å²) in [4.78, 5) is 4.27. The molecule has 0 saturated carbocycles. The molecule has 2 aromatic carbocycles. The van der Waals surface area contributed by atoms with Gasteiger partial charge in [0, 0.05) is 18.6 Å². The number of rotatable bonds is 5. The number of aromatic nitrogens is 2. The van der Waals surface area contributed by atoms with Crippen LogP contribution >= 0.6 is 11.6 Å². The molecular weight excluding hydrogens is 334 g/mol. The molecule has 0 amide bonds. The fraction of sp³-hybridized carbons (Fsp3) is 0.188. The van der Waals surface area contributed by atoms with Crippen molar-refractivity contribution >= 4 is 32.7 Å². The second-order valence-electron chi connectivity index (χ2n) is 5.39. The molecule has 0 unspecified atom stereocenters. The molecule has 0 bridgehead atoms. The van der Waals surface area contributed by atoms with E-state index in [1.165, 1.54) is 0 Å². The van der Waals surface area contributed by atoms with Crippen molar-refractivity contribution in [3.63, 3.8) is 0 Å². The van der Waals surface area contributed by atoms with Crippen molar-refractivity contribution in [2.45, 2.75) is 12.3 Å². The number of nitrogens with one attached hydrogen (secondary N) is 1. The quantitative estimate of drug-likeness (QED) is 0.770. The van der Waals surface area contributed by atoms with Crippen LogP contribution in [0.4, 0.5) is 0 Å². The molecule has 0 aliphatic heterocycles. The molecule has 0 saturated heterocycles. The van der Waals surface area contributed by atoms with E-state index in [9.17, 15) is 8.42 Å². The molecule has 0 spiro atoms. The van der Waals surface area contributed by atoms with Gasteiger partial charge in [-0.2, -0.15) is 0 Å². The molecule has 0 aliphatic carbocycles. The lowest BCUT2D eigenvalue weighted by molar-refractivity contribution is 0.580. The number of sulfonamides is 1. The van der Waals surface area contributed by atoms with E-state index in [-0.39, 0.29) is 12.3 Å². The summed E-state index contributed by atoms with van der Waals surface area (Å²) < 4.78 is 28.9. The average Bonchev–Trinajstić information content (AvgIpc) is 2.88. The summed E-state index contributed by atoms with van der Waals surface area (Å²) in [5, 5.41) is 0.586. The van der Waals surface area contributed by atoms with Gasteiger partial charge in [-0.1, -0.05) is 29.8 Å². The summed E-state index contributed by atoms with van der Waals surface area (Å²) in [7, 11) is -1.49. The van der Waals surface area contributed by atoms with Crippen molar-refractivity contribution in [2.75, 3.05) is 0 Å². The molecule has 120 valence electrons. The van der Waals surface area contributed by atoms with Crippen molar-refractivity contribution in [1.29, 1.82) is 0 Å². The monoisotopic (exact) mass is 349 g/mol. The van der Waals surface area contributed by atoms with E-state index in [0.29, 0.717) is 10.6 Å². The third kappa shape index (κ3) is 3.90. The number of nitrogens with zero attached hydrogens (tertiary/aromatic N) is 2. The first-order valence-corrected chi connectivity index (χ1v) is 9.08. The Morgan fingerprint density at radius 1 is 1.13 bits per heavy atom. The smallest absolute Gasteiger partial charge is 0.216 e. The van der Waals surface area contributed by atoms with Crippen LogP contribution < -0.4 is 4.72 Å². The molecule has 5 nitrogen and oxygen atoms in total. The molecule has 1 heterocycles. The Morgan fingerprint density at radius 2 is 1.83 bits per heavy atom. The fourth-order valence-electron chi connectivity index (χ4n) is 2.34. The number of benzene rings is 2. The van der Waals surface area contributed by atoms with Gasteiger partial charge in [0.1, 0.15) is 0 Å². The maximum Gasteiger partial charge on any atom is 0.216 e. The molecule has 23 heavy (non-hydrogen) atoms. The Balaban J connectivity index is 1.68. The average molecular weight is 350 g/mol. The fourth-order valence-corrected chi connectivity index (χ4v) is 3.58. The Bertz CT molecular complexity index is 934. The minimum absolute atomic E-state index is 0.0734. The minimum Gasteiger partial charge on any atom is -0.334 e. The van der Waals surface area contributed by atoms with E-state index in [1.807, 2.05) is 29.8 Å². The van der Waals surface area contributed by atoms with Crippen LogP contribution in [0.25, 0.3) is 11.0 Å². The number of imidazole rings is 1. The van der Waals surface area contributed by atoms with E-state index >= 15 is 0 Å². The highest BCUT2D eigenvalue weighted by Crippen LogP contribution is 2.15. The number of halogens is 1. The van der Waals surface area contributed by atoms with Crippen LogP contribution in [0.3, 0.4) is 0 Å². The zero-order valence-electron chi connectivity index (χ0n) is 12.5. The van der Waals surface area contributed by atoms with E-state index in [1.54, 1.807) is 30.6 Å². The van der Waals surface area contributed by atoms with Crippen LogP contribution in [0.1, 0.15) is 11.1 Å². The number of hydrogen-bond donors (Lipinski definition) is 1. The second-order valence-corrected chi connectivity index (χ2v) is 7.63. The summed E-state index contributed by atoms with van der Waals surface area (Å²) in [5.41, 5.74) is 3.43. The molecule has 7 heteroatoms. The van der Waals surface area contributed by atoms with Gasteiger partial charge in [-0.3, -0.25) is 0 Å². The van der Waals surface area contributed by atoms with Gasteiger partial charge >= 0.3 is 0 Å². The van der Waals surface area contributed by atoms with Gasteiger partial charge in [0.2, 0.25) is 10.0 Å². The molecule has 3 rings (SSSR count). The van der Waals surface area contributed by atoms with Crippen molar-refractivity contribution < 1.29 is 8.42 Å². The van der Waals surface area contributed by atoms with Crippen LogP contribution in [-0.2, 0) is 29.4 Å². The largest absolute Gasteiger partial charge is 0.334 e. The van der Waals surface area contributed by atoms with Gasteiger partial charge in [0.15, 0.2) is 0 Å². The first kappa shape index (κ1) is 16.0. The normalized spacial score (nSPS) is 11.9. The van der Waals surface area contributed by atoms with Crippen molar-refractivity contribution in [1.82, 2.24) is 14.3 Å². The Morgan fingerprint density at radius 3 is 2.57 bits per heavy atom. The van der Waals surface area contributed by atoms with Crippen LogP contribution in [-0.4, -0.2) is 18.0 Å². The molecule has 0 fully saturated rings. The number of hydrogen-bond acceptors (Lipinski definition) is 3. The summed E-state index contributed by atoms with van der Waals surface area (Å²) in [6, 6.07) is 12.5. The lowest BCUT2D eigenvalue weighted by atomic mass is 10.2. The molecule has 0 radical (unpaired) electrons. The molecular formula is C16H16ClN3O2S. The Kier molecular flexibility index (Phi) is 4.39. The van der Waals surface area contributed by atoms with Crippen LogP contribution in [0.5, 0.6) is 0 Å². The maximum atomic E-state index is 12.2. The van der Waals surface area contributed by atoms with Crippen LogP contribution in [0.15, 0.2) is 48.8 Å². The molecule has 0 atom stereocenters. The lowest BCUT2D eigenvalue weighted by Gasteiger charge is -2.07. The lowest BCUT2D eigenvalue weighted by Crippen LogP contribution is -2.24. The second kappa shape index (κ2) is 6.31. The Hall–Kier alpha value is -1.89. The van der Waals surface area contributed by atoms with E-state index in [0.717, 1.165) is 16.6 Å². The van der Waals surface area contributed by atoms with Gasteiger partial charge in [-0.15, -0.1) is 0 Å². The summed E-state index contributed by atoms with van der Waals surface area (Å²) in [5.74, 6) is -0.0734. The molecule has 1 N–H and O–H groups in total. The Labute approximate surface area is 140 Å². The first-order valence-electron chi connectivity index (χ1n) is 7.05. The van der Waals surface area contributed by atoms with Crippen molar-refractivity contribution in [2.24, 2.45) is 7.05 Å². The topological polar surface area (TPSA) is 64.0 Å². The van der Waals surface area contributed by atoms with E-state index in [2.05, 4.69) is 9.71 Å². The standard InChI is InChI=1S/C16H16ClN3O2S/c1-20-11-18-15-8-13(4-7-16(15)20)9-19-23(21,22)10-12-2-5-14(17)6-3-12/h2-8,11,19H,9-10H2,1H3. The first-order chi connectivity index (χ1) is 10.9. The van der Waals surface area contributed by atoms with Gasteiger partial charge in [0.05, 0.1) is 23.1 Å². The van der Waals surface area contributed by atoms with Crippen molar-refractivity contribution in [3.05, 3.63) is 64.9 Å². The SMILES string of the molecule is Cn1cnc2cc(CNS(=O)(=O)Cc3ccc(Cl)cc3)ccc21. The highest BCUT2D eigenvalue weighted by molar-refractivity contribution is 7.88. The summed E-state index contributed by atoms with van der Waals surface area (Å²) >= 11 is 5.80. The van der Waals surface area contributed by atoms with E-state index < -0.39 is 10.0 Å². The van der Waals surface area contributed by atoms with Gasteiger partial charge in [0.25, 0.3) is 0 Å². The minimum atomic E-state index is -3.41. The van der Waals surface area contributed by atoms with Crippen LogP contribution in [0.2, 0.25) is 5.02 Å². The molecule has 1 aromatic heterocycles. The maximum absolute atomic E-state index is 12.2. The zero-order chi connectivity index (χ0) is 16.4. The van der Waals surface area contributed by atoms with Gasteiger partial charge in [-0.25, -0.2) is 18.1 Å². The predicted molar refractivity (Wildman–Crippen MR) is 91.6 cm³/mol. The summed E-state index contributed by atoms with van der Waals surface area (Å²) in [6.07, 6.45) is 1.74. The molecule has 0 aliphatic rings. The molecule has 3 aromatic rings.